The Bertz CT molecular complexity index is 761. The highest BCUT2D eigenvalue weighted by molar-refractivity contribution is 5.91. The predicted octanol–water partition coefficient (Wildman–Crippen LogP) is 1.42. The molecular weight excluding hydrogens is 380 g/mol. The molecule has 1 aliphatic heterocycles. The SMILES string of the molecule is C=C1C(=O)O[C@@H]2/C=C(/CO)CC/C=C(/C=O)C(OC(C)=O)[C@@H](OC(=O)C(C)C)[C@@H]12. The summed E-state index contributed by atoms with van der Waals surface area (Å²) in [5.74, 6) is -3.34. The summed E-state index contributed by atoms with van der Waals surface area (Å²) in [6.45, 7) is 7.93. The molecule has 1 fully saturated rings. The molecule has 0 bridgehead atoms. The van der Waals surface area contributed by atoms with Crippen LogP contribution in [0, 0.1) is 11.8 Å². The molecule has 29 heavy (non-hydrogen) atoms. The van der Waals surface area contributed by atoms with Gasteiger partial charge < -0.3 is 19.3 Å². The Kier molecular flexibility index (Phi) is 7.50. The number of aliphatic hydroxyl groups excluding tert-OH is 1. The van der Waals surface area contributed by atoms with E-state index in [4.69, 9.17) is 14.2 Å². The summed E-state index contributed by atoms with van der Waals surface area (Å²) >= 11 is 0. The lowest BCUT2D eigenvalue weighted by molar-refractivity contribution is -0.171. The van der Waals surface area contributed by atoms with Crippen molar-refractivity contribution in [2.75, 3.05) is 6.61 Å². The first kappa shape index (κ1) is 22.5. The van der Waals surface area contributed by atoms with Crippen LogP contribution >= 0.6 is 0 Å². The summed E-state index contributed by atoms with van der Waals surface area (Å²) in [5.41, 5.74) is 0.740. The molecule has 1 heterocycles. The van der Waals surface area contributed by atoms with Gasteiger partial charge in [-0.25, -0.2) is 4.79 Å². The van der Waals surface area contributed by atoms with Crippen LogP contribution in [0.15, 0.2) is 35.5 Å². The van der Waals surface area contributed by atoms with Crippen molar-refractivity contribution in [3.63, 3.8) is 0 Å². The van der Waals surface area contributed by atoms with Gasteiger partial charge in [-0.3, -0.25) is 14.4 Å². The zero-order valence-electron chi connectivity index (χ0n) is 16.8. The minimum atomic E-state index is -1.23. The number of carbonyl (C=O) groups excluding carboxylic acids is 4. The quantitative estimate of drug-likeness (QED) is 0.240. The van der Waals surface area contributed by atoms with Crippen LogP contribution in [0.2, 0.25) is 0 Å². The molecule has 1 unspecified atom stereocenters. The van der Waals surface area contributed by atoms with Crippen LogP contribution in [0.1, 0.15) is 33.6 Å². The van der Waals surface area contributed by atoms with Gasteiger partial charge in [0.15, 0.2) is 12.2 Å². The lowest BCUT2D eigenvalue weighted by atomic mass is 9.83. The van der Waals surface area contributed by atoms with E-state index in [0.717, 1.165) is 0 Å². The fraction of sp³-hybridized carbons (Fsp3) is 0.524. The average Bonchev–Trinajstić information content (AvgIpc) is 2.93. The van der Waals surface area contributed by atoms with Crippen LogP contribution in [0.3, 0.4) is 0 Å². The van der Waals surface area contributed by atoms with Crippen molar-refractivity contribution in [2.45, 2.75) is 51.9 Å². The molecular formula is C21H26O8. The molecule has 158 valence electrons. The van der Waals surface area contributed by atoms with Crippen molar-refractivity contribution >= 4 is 24.2 Å². The summed E-state index contributed by atoms with van der Waals surface area (Å²) in [7, 11) is 0. The summed E-state index contributed by atoms with van der Waals surface area (Å²) in [4.78, 5) is 48.2. The molecule has 8 heteroatoms. The highest BCUT2D eigenvalue weighted by Crippen LogP contribution is 2.37. The van der Waals surface area contributed by atoms with Gasteiger partial charge in [0.05, 0.1) is 18.4 Å². The fourth-order valence-corrected chi connectivity index (χ4v) is 3.33. The number of aldehydes is 1. The lowest BCUT2D eigenvalue weighted by Gasteiger charge is -2.33. The van der Waals surface area contributed by atoms with Crippen LogP contribution < -0.4 is 0 Å². The molecule has 1 N–H and O–H groups in total. The second-order valence-corrected chi connectivity index (χ2v) is 7.35. The van der Waals surface area contributed by atoms with E-state index in [1.807, 2.05) is 0 Å². The monoisotopic (exact) mass is 406 g/mol. The van der Waals surface area contributed by atoms with Crippen molar-refractivity contribution in [3.05, 3.63) is 35.5 Å². The third kappa shape index (κ3) is 5.20. The second kappa shape index (κ2) is 9.65. The molecule has 2 rings (SSSR count). The number of hydrogen-bond acceptors (Lipinski definition) is 8. The summed E-state index contributed by atoms with van der Waals surface area (Å²) < 4.78 is 16.4. The smallest absolute Gasteiger partial charge is 0.334 e. The number of esters is 3. The second-order valence-electron chi connectivity index (χ2n) is 7.35. The molecule has 8 nitrogen and oxygen atoms in total. The Morgan fingerprint density at radius 2 is 2.07 bits per heavy atom. The predicted molar refractivity (Wildman–Crippen MR) is 101 cm³/mol. The number of fused-ring (bicyclic) bond motifs is 1. The maximum absolute atomic E-state index is 12.4. The standard InChI is InChI=1S/C21H26O8/c1-11(2)20(25)29-19-17-12(3)21(26)28-16(17)8-14(9-22)6-5-7-15(10-23)18(19)27-13(4)24/h7-8,10-11,16-19,22H,3,5-6,9H2,1-2,4H3/b14-8+,15-7-/t16-,17+,18?,19+/m1/s1. The Hall–Kier alpha value is -2.74. The van der Waals surface area contributed by atoms with E-state index in [1.54, 1.807) is 26.0 Å². The zero-order valence-corrected chi connectivity index (χ0v) is 16.8. The number of aliphatic hydroxyl groups is 1. The van der Waals surface area contributed by atoms with Crippen molar-refractivity contribution in [3.8, 4) is 0 Å². The van der Waals surface area contributed by atoms with Gasteiger partial charge in [-0.2, -0.15) is 0 Å². The first-order chi connectivity index (χ1) is 13.7. The van der Waals surface area contributed by atoms with Gasteiger partial charge >= 0.3 is 17.9 Å². The molecule has 0 radical (unpaired) electrons. The number of allylic oxidation sites excluding steroid dienone is 1. The third-order valence-corrected chi connectivity index (χ3v) is 4.84. The van der Waals surface area contributed by atoms with E-state index in [1.165, 1.54) is 6.92 Å². The molecule has 1 saturated heterocycles. The Morgan fingerprint density at radius 3 is 2.62 bits per heavy atom. The summed E-state index contributed by atoms with van der Waals surface area (Å²) in [6, 6.07) is 0. The van der Waals surface area contributed by atoms with Gasteiger partial charge in [-0.05, 0) is 24.5 Å². The van der Waals surface area contributed by atoms with E-state index in [2.05, 4.69) is 6.58 Å². The Balaban J connectivity index is 2.63. The van der Waals surface area contributed by atoms with E-state index in [9.17, 15) is 24.3 Å². The highest BCUT2D eigenvalue weighted by atomic mass is 16.6. The van der Waals surface area contributed by atoms with Gasteiger partial charge in [0.2, 0.25) is 0 Å². The van der Waals surface area contributed by atoms with Crippen LogP contribution in [0.4, 0.5) is 0 Å². The maximum atomic E-state index is 12.4. The Labute approximate surface area is 169 Å². The van der Waals surface area contributed by atoms with Crippen LogP contribution in [-0.2, 0) is 33.4 Å². The van der Waals surface area contributed by atoms with Crippen molar-refractivity contribution in [2.24, 2.45) is 11.8 Å². The van der Waals surface area contributed by atoms with E-state index >= 15 is 0 Å². The fourth-order valence-electron chi connectivity index (χ4n) is 3.33. The van der Waals surface area contributed by atoms with E-state index in [-0.39, 0.29) is 17.8 Å². The highest BCUT2D eigenvalue weighted by Gasteiger charge is 2.49. The Morgan fingerprint density at radius 1 is 1.38 bits per heavy atom. The number of ether oxygens (including phenoxy) is 3. The van der Waals surface area contributed by atoms with E-state index in [0.29, 0.717) is 24.7 Å². The minimum Gasteiger partial charge on any atom is -0.457 e. The molecule has 0 saturated carbocycles. The van der Waals surface area contributed by atoms with Crippen LogP contribution in [-0.4, -0.2) is 54.2 Å². The van der Waals surface area contributed by atoms with Crippen molar-refractivity contribution in [1.82, 2.24) is 0 Å². The first-order valence-electron chi connectivity index (χ1n) is 9.42. The molecule has 0 aromatic heterocycles. The normalized spacial score (nSPS) is 30.9. The molecule has 0 aromatic rings. The maximum Gasteiger partial charge on any atom is 0.334 e. The molecule has 0 spiro atoms. The lowest BCUT2D eigenvalue weighted by Crippen LogP contribution is -2.45. The summed E-state index contributed by atoms with van der Waals surface area (Å²) in [5, 5.41) is 9.62. The van der Waals surface area contributed by atoms with Crippen molar-refractivity contribution in [1.29, 1.82) is 0 Å². The van der Waals surface area contributed by atoms with Crippen LogP contribution in [0.25, 0.3) is 0 Å². The number of hydrogen-bond donors (Lipinski definition) is 1. The van der Waals surface area contributed by atoms with Gasteiger partial charge in [0.25, 0.3) is 0 Å². The molecule has 2 aliphatic rings. The summed E-state index contributed by atoms with van der Waals surface area (Å²) in [6.07, 6.45) is 1.16. The van der Waals surface area contributed by atoms with Gasteiger partial charge in [-0.15, -0.1) is 0 Å². The largest absolute Gasteiger partial charge is 0.457 e. The molecule has 0 amide bonds. The zero-order chi connectivity index (χ0) is 21.7. The van der Waals surface area contributed by atoms with E-state index < -0.39 is 48.1 Å². The molecule has 4 atom stereocenters. The van der Waals surface area contributed by atoms with Gasteiger partial charge in [0, 0.05) is 18.1 Å². The minimum absolute atomic E-state index is 0.0353. The van der Waals surface area contributed by atoms with Gasteiger partial charge in [0.1, 0.15) is 12.4 Å². The average molecular weight is 406 g/mol. The number of rotatable bonds is 5. The first-order valence-corrected chi connectivity index (χ1v) is 9.42. The third-order valence-electron chi connectivity index (χ3n) is 4.84. The number of carbonyl (C=O) groups is 4. The van der Waals surface area contributed by atoms with Gasteiger partial charge in [-0.1, -0.05) is 26.5 Å². The van der Waals surface area contributed by atoms with Crippen molar-refractivity contribution < 1.29 is 38.5 Å². The molecule has 0 aromatic carbocycles. The molecule has 1 aliphatic carbocycles. The van der Waals surface area contributed by atoms with Crippen LogP contribution in [0.5, 0.6) is 0 Å². The topological polar surface area (TPSA) is 116 Å².